The van der Waals surface area contributed by atoms with Crippen molar-refractivity contribution < 1.29 is 0 Å². The molecule has 206 valence electrons. The normalized spacial score (nSPS) is 11.6. The van der Waals surface area contributed by atoms with Crippen LogP contribution in [0.5, 0.6) is 0 Å². The molecule has 0 saturated carbocycles. The van der Waals surface area contributed by atoms with Gasteiger partial charge in [-0.25, -0.2) is 9.97 Å². The summed E-state index contributed by atoms with van der Waals surface area (Å²) in [6, 6.07) is 53.3. The Balaban J connectivity index is 1.33. The van der Waals surface area contributed by atoms with Gasteiger partial charge in [-0.15, -0.1) is 0 Å². The smallest absolute Gasteiger partial charge is 0.160 e. The number of benzene rings is 6. The summed E-state index contributed by atoms with van der Waals surface area (Å²) in [6.45, 7) is 0. The van der Waals surface area contributed by atoms with Crippen molar-refractivity contribution in [3.8, 4) is 34.0 Å². The first-order valence-corrected chi connectivity index (χ1v) is 14.8. The molecule has 9 aromatic rings. The van der Waals surface area contributed by atoms with E-state index >= 15 is 0 Å². The first kappa shape index (κ1) is 24.6. The average Bonchev–Trinajstić information content (AvgIpc) is 3.66. The highest BCUT2D eigenvalue weighted by Crippen LogP contribution is 2.38. The molecule has 0 aliphatic heterocycles. The Morgan fingerprint density at radius 3 is 1.91 bits per heavy atom. The zero-order valence-corrected chi connectivity index (χ0v) is 23.8. The number of fused-ring (bicyclic) bond motifs is 5. The second-order valence-corrected chi connectivity index (χ2v) is 11.1. The third-order valence-electron chi connectivity index (χ3n) is 8.53. The number of aromatic nitrogens is 4. The lowest BCUT2D eigenvalue weighted by Crippen LogP contribution is -1.96. The molecule has 44 heavy (non-hydrogen) atoms. The Morgan fingerprint density at radius 1 is 0.432 bits per heavy atom. The lowest BCUT2D eigenvalue weighted by Gasteiger charge is -2.10. The zero-order chi connectivity index (χ0) is 29.0. The molecule has 9 rings (SSSR count). The van der Waals surface area contributed by atoms with Crippen LogP contribution in [-0.4, -0.2) is 19.1 Å². The van der Waals surface area contributed by atoms with Crippen LogP contribution in [0.25, 0.3) is 77.6 Å². The Bertz CT molecular complexity index is 2470. The van der Waals surface area contributed by atoms with Crippen molar-refractivity contribution in [3.63, 3.8) is 0 Å². The molecule has 4 nitrogen and oxygen atoms in total. The molecule has 0 unspecified atom stereocenters. The summed E-state index contributed by atoms with van der Waals surface area (Å²) in [5.74, 6) is 0.721. The Morgan fingerprint density at radius 2 is 1.11 bits per heavy atom. The minimum Gasteiger partial charge on any atom is -0.317 e. The second-order valence-electron chi connectivity index (χ2n) is 11.1. The van der Waals surface area contributed by atoms with Gasteiger partial charge in [0.25, 0.3) is 0 Å². The lowest BCUT2D eigenvalue weighted by atomic mass is 10.0. The van der Waals surface area contributed by atoms with Gasteiger partial charge >= 0.3 is 0 Å². The number of rotatable bonds is 4. The van der Waals surface area contributed by atoms with Crippen LogP contribution in [-0.2, 0) is 0 Å². The van der Waals surface area contributed by atoms with Crippen molar-refractivity contribution in [2.24, 2.45) is 0 Å². The number of para-hydroxylation sites is 3. The molecular weight excluding hydrogens is 536 g/mol. The van der Waals surface area contributed by atoms with Crippen molar-refractivity contribution >= 4 is 43.6 Å². The molecule has 0 fully saturated rings. The molecule has 0 bridgehead atoms. The lowest BCUT2D eigenvalue weighted by molar-refractivity contribution is 1.13. The minimum absolute atomic E-state index is 0.721. The standard InChI is InChI=1S/C40H26N4/c1-4-12-27(13-5-1)39-32-18-10-11-19-35(32)41-40(42-39)29-20-21-36-33(24-29)34-26-37-28(22-23-43(37)30-14-6-2-7-15-30)25-38(34)44(36)31-16-8-3-9-17-31/h1-26H. The van der Waals surface area contributed by atoms with Crippen molar-refractivity contribution in [1.29, 1.82) is 0 Å². The van der Waals surface area contributed by atoms with E-state index in [9.17, 15) is 0 Å². The summed E-state index contributed by atoms with van der Waals surface area (Å²) in [5.41, 5.74) is 9.73. The minimum atomic E-state index is 0.721. The molecule has 0 spiro atoms. The fourth-order valence-electron chi connectivity index (χ4n) is 6.48. The molecule has 3 heterocycles. The average molecular weight is 563 g/mol. The van der Waals surface area contributed by atoms with E-state index in [1.54, 1.807) is 0 Å². The van der Waals surface area contributed by atoms with Gasteiger partial charge in [0, 0.05) is 50.2 Å². The predicted molar refractivity (Wildman–Crippen MR) is 182 cm³/mol. The van der Waals surface area contributed by atoms with Gasteiger partial charge in [-0.05, 0) is 66.7 Å². The maximum atomic E-state index is 5.17. The molecule has 3 aromatic heterocycles. The fraction of sp³-hybridized carbons (Fsp3) is 0. The van der Waals surface area contributed by atoms with Crippen molar-refractivity contribution in [2.45, 2.75) is 0 Å². The van der Waals surface area contributed by atoms with Crippen molar-refractivity contribution in [2.75, 3.05) is 0 Å². The number of hydrogen-bond acceptors (Lipinski definition) is 2. The van der Waals surface area contributed by atoms with Gasteiger partial charge in [0.2, 0.25) is 0 Å². The molecule has 6 aromatic carbocycles. The Labute approximate surface area is 254 Å². The van der Waals surface area contributed by atoms with E-state index in [4.69, 9.17) is 9.97 Å². The Kier molecular flexibility index (Phi) is 5.47. The Hall–Kier alpha value is -6.00. The molecule has 4 heteroatoms. The molecule has 0 atom stereocenters. The number of nitrogens with zero attached hydrogens (tertiary/aromatic N) is 4. The van der Waals surface area contributed by atoms with Gasteiger partial charge in [0.1, 0.15) is 0 Å². The van der Waals surface area contributed by atoms with Crippen LogP contribution in [0.3, 0.4) is 0 Å². The molecule has 0 N–H and O–H groups in total. The topological polar surface area (TPSA) is 35.6 Å². The van der Waals surface area contributed by atoms with Crippen LogP contribution in [0.15, 0.2) is 158 Å². The maximum absolute atomic E-state index is 5.17. The van der Waals surface area contributed by atoms with Gasteiger partial charge in [-0.3, -0.25) is 0 Å². The maximum Gasteiger partial charge on any atom is 0.160 e. The van der Waals surface area contributed by atoms with E-state index in [2.05, 4.69) is 149 Å². The summed E-state index contributed by atoms with van der Waals surface area (Å²) in [5, 5.41) is 4.61. The van der Waals surface area contributed by atoms with E-state index in [-0.39, 0.29) is 0 Å². The molecule has 0 radical (unpaired) electrons. The quantitative estimate of drug-likeness (QED) is 0.214. The highest BCUT2D eigenvalue weighted by Gasteiger charge is 2.18. The van der Waals surface area contributed by atoms with Crippen LogP contribution in [0, 0.1) is 0 Å². The molecular formula is C40H26N4. The van der Waals surface area contributed by atoms with Crippen LogP contribution >= 0.6 is 0 Å². The van der Waals surface area contributed by atoms with Gasteiger partial charge in [0.05, 0.1) is 27.8 Å². The predicted octanol–water partition coefficient (Wildman–Crippen LogP) is 10.0. The first-order chi connectivity index (χ1) is 21.8. The molecule has 0 amide bonds. The summed E-state index contributed by atoms with van der Waals surface area (Å²) in [4.78, 5) is 10.2. The van der Waals surface area contributed by atoms with E-state index in [0.29, 0.717) is 0 Å². The van der Waals surface area contributed by atoms with E-state index in [1.165, 1.54) is 27.2 Å². The van der Waals surface area contributed by atoms with Gasteiger partial charge in [0.15, 0.2) is 5.82 Å². The highest BCUT2D eigenvalue weighted by molar-refractivity contribution is 6.14. The molecule has 0 aliphatic rings. The third kappa shape index (κ3) is 3.85. The van der Waals surface area contributed by atoms with Gasteiger partial charge < -0.3 is 9.13 Å². The first-order valence-electron chi connectivity index (χ1n) is 14.8. The highest BCUT2D eigenvalue weighted by atomic mass is 15.0. The summed E-state index contributed by atoms with van der Waals surface area (Å²) in [6.07, 6.45) is 2.16. The van der Waals surface area contributed by atoms with E-state index < -0.39 is 0 Å². The SMILES string of the molecule is c1ccc(-c2nc(-c3ccc4c(c3)c3cc5c(ccn5-c5ccccc5)cc3n4-c3ccccc3)nc3ccccc23)cc1. The van der Waals surface area contributed by atoms with E-state index in [0.717, 1.165) is 50.4 Å². The monoisotopic (exact) mass is 562 g/mol. The van der Waals surface area contributed by atoms with Crippen LogP contribution in [0.4, 0.5) is 0 Å². The van der Waals surface area contributed by atoms with Crippen molar-refractivity contribution in [3.05, 3.63) is 158 Å². The summed E-state index contributed by atoms with van der Waals surface area (Å²) >= 11 is 0. The van der Waals surface area contributed by atoms with Gasteiger partial charge in [-0.2, -0.15) is 0 Å². The summed E-state index contributed by atoms with van der Waals surface area (Å²) in [7, 11) is 0. The number of hydrogen-bond donors (Lipinski definition) is 0. The second kappa shape index (κ2) is 9.79. The van der Waals surface area contributed by atoms with E-state index in [1.807, 2.05) is 18.2 Å². The largest absolute Gasteiger partial charge is 0.317 e. The van der Waals surface area contributed by atoms with Crippen LogP contribution in [0.1, 0.15) is 0 Å². The van der Waals surface area contributed by atoms with Crippen molar-refractivity contribution in [1.82, 2.24) is 19.1 Å². The van der Waals surface area contributed by atoms with Crippen LogP contribution in [0.2, 0.25) is 0 Å². The summed E-state index contributed by atoms with van der Waals surface area (Å²) < 4.78 is 4.63. The van der Waals surface area contributed by atoms with Gasteiger partial charge in [-0.1, -0.05) is 84.9 Å². The fourth-order valence-corrected chi connectivity index (χ4v) is 6.48. The molecule has 0 saturated heterocycles. The van der Waals surface area contributed by atoms with Crippen LogP contribution < -0.4 is 0 Å². The third-order valence-corrected chi connectivity index (χ3v) is 8.53. The zero-order valence-electron chi connectivity index (χ0n) is 23.8. The molecule has 0 aliphatic carbocycles.